The average molecular weight is 196 g/mol. The van der Waals surface area contributed by atoms with Crippen molar-refractivity contribution in [3.8, 4) is 0 Å². The molecule has 2 atom stereocenters. The topological polar surface area (TPSA) is 29.3 Å². The smallest absolute Gasteiger partial charge is 0.0113 e. The summed E-state index contributed by atoms with van der Waals surface area (Å²) in [7, 11) is 2.18. The lowest BCUT2D eigenvalue weighted by atomic mass is 9.95. The second kappa shape index (κ2) is 3.78. The van der Waals surface area contributed by atoms with Crippen molar-refractivity contribution < 1.29 is 0 Å². The minimum Gasteiger partial charge on any atom is -0.330 e. The molecule has 0 aliphatic carbocycles. The molecule has 72 valence electrons. The Balaban J connectivity index is 2.14. The van der Waals surface area contributed by atoms with Crippen molar-refractivity contribution in [3.05, 3.63) is 22.4 Å². The summed E-state index contributed by atoms with van der Waals surface area (Å²) < 4.78 is 0. The van der Waals surface area contributed by atoms with Crippen LogP contribution in [0.2, 0.25) is 0 Å². The maximum Gasteiger partial charge on any atom is 0.0113 e. The van der Waals surface area contributed by atoms with Crippen molar-refractivity contribution in [2.45, 2.75) is 5.92 Å². The Hall–Kier alpha value is -0.380. The van der Waals surface area contributed by atoms with Crippen LogP contribution in [0, 0.1) is 5.92 Å². The van der Waals surface area contributed by atoms with Gasteiger partial charge in [0, 0.05) is 23.9 Å². The Morgan fingerprint density at radius 1 is 1.62 bits per heavy atom. The van der Waals surface area contributed by atoms with Crippen LogP contribution < -0.4 is 5.73 Å². The first-order chi connectivity index (χ1) is 6.31. The highest BCUT2D eigenvalue weighted by Gasteiger charge is 2.31. The van der Waals surface area contributed by atoms with Crippen LogP contribution in [-0.4, -0.2) is 31.6 Å². The molecule has 1 fully saturated rings. The lowest BCUT2D eigenvalue weighted by molar-refractivity contribution is 0.397. The van der Waals surface area contributed by atoms with Gasteiger partial charge in [-0.25, -0.2) is 0 Å². The van der Waals surface area contributed by atoms with E-state index in [2.05, 4.69) is 29.5 Å². The Morgan fingerprint density at radius 3 is 3.08 bits per heavy atom. The fourth-order valence-electron chi connectivity index (χ4n) is 2.15. The molecule has 0 amide bonds. The molecule has 1 aliphatic rings. The number of hydrogen-bond donors (Lipinski definition) is 1. The van der Waals surface area contributed by atoms with Crippen molar-refractivity contribution in [3.63, 3.8) is 0 Å². The van der Waals surface area contributed by atoms with Crippen LogP contribution in [0.5, 0.6) is 0 Å². The van der Waals surface area contributed by atoms with Gasteiger partial charge in [-0.1, -0.05) is 6.07 Å². The van der Waals surface area contributed by atoms with Gasteiger partial charge >= 0.3 is 0 Å². The second-order valence-electron chi connectivity index (χ2n) is 3.84. The summed E-state index contributed by atoms with van der Waals surface area (Å²) >= 11 is 1.86. The molecular weight excluding hydrogens is 180 g/mol. The summed E-state index contributed by atoms with van der Waals surface area (Å²) in [5, 5.41) is 2.15. The van der Waals surface area contributed by atoms with Crippen molar-refractivity contribution in [2.75, 3.05) is 26.7 Å². The first-order valence-electron chi connectivity index (χ1n) is 4.73. The van der Waals surface area contributed by atoms with Gasteiger partial charge in [0.1, 0.15) is 0 Å². The van der Waals surface area contributed by atoms with E-state index in [1.54, 1.807) is 0 Å². The zero-order valence-corrected chi connectivity index (χ0v) is 8.76. The number of hydrogen-bond acceptors (Lipinski definition) is 3. The van der Waals surface area contributed by atoms with E-state index >= 15 is 0 Å². The largest absolute Gasteiger partial charge is 0.330 e. The number of nitrogens with two attached hydrogens (primary N) is 1. The Morgan fingerprint density at radius 2 is 2.46 bits per heavy atom. The summed E-state index contributed by atoms with van der Waals surface area (Å²) in [4.78, 5) is 3.88. The molecular formula is C10H16N2S. The molecule has 3 heteroatoms. The standard InChI is InChI=1S/C10H16N2S/c1-12-6-8(5-11)9(7-12)10-3-2-4-13-10/h2-4,8-9H,5-7,11H2,1H3/t8-,9+/m1/s1. The third-order valence-corrected chi connectivity index (χ3v) is 3.84. The molecule has 0 unspecified atom stereocenters. The minimum atomic E-state index is 0.656. The molecule has 1 aliphatic heterocycles. The van der Waals surface area contributed by atoms with E-state index in [-0.39, 0.29) is 0 Å². The quantitative estimate of drug-likeness (QED) is 0.773. The first kappa shape index (κ1) is 9.19. The van der Waals surface area contributed by atoms with Crippen LogP contribution in [0.15, 0.2) is 17.5 Å². The predicted molar refractivity (Wildman–Crippen MR) is 57.1 cm³/mol. The lowest BCUT2D eigenvalue weighted by Gasteiger charge is -2.14. The third-order valence-electron chi connectivity index (χ3n) is 2.83. The molecule has 1 aromatic heterocycles. The first-order valence-corrected chi connectivity index (χ1v) is 5.61. The fourth-order valence-corrected chi connectivity index (χ4v) is 3.06. The molecule has 0 radical (unpaired) electrons. The Kier molecular flexibility index (Phi) is 2.67. The SMILES string of the molecule is CN1C[C@@H](CN)[C@@H](c2cccs2)C1. The van der Waals surface area contributed by atoms with Crippen LogP contribution in [0.1, 0.15) is 10.8 Å². The van der Waals surface area contributed by atoms with Gasteiger partial charge in [-0.05, 0) is 31.0 Å². The van der Waals surface area contributed by atoms with Gasteiger partial charge in [-0.15, -0.1) is 11.3 Å². The van der Waals surface area contributed by atoms with Crippen LogP contribution in [0.4, 0.5) is 0 Å². The number of rotatable bonds is 2. The van der Waals surface area contributed by atoms with Crippen molar-refractivity contribution in [1.82, 2.24) is 4.90 Å². The van der Waals surface area contributed by atoms with Gasteiger partial charge in [0.15, 0.2) is 0 Å². The minimum absolute atomic E-state index is 0.656. The van der Waals surface area contributed by atoms with Crippen LogP contribution in [0.25, 0.3) is 0 Å². The number of likely N-dealkylation sites (tertiary alicyclic amines) is 1. The summed E-state index contributed by atoms with van der Waals surface area (Å²) in [6, 6.07) is 4.36. The van der Waals surface area contributed by atoms with E-state index in [1.165, 1.54) is 11.4 Å². The molecule has 2 rings (SSSR count). The second-order valence-corrected chi connectivity index (χ2v) is 4.82. The summed E-state index contributed by atoms with van der Waals surface area (Å²) in [5.74, 6) is 1.33. The van der Waals surface area contributed by atoms with Gasteiger partial charge in [-0.3, -0.25) is 0 Å². The number of likely N-dealkylation sites (N-methyl/N-ethyl adjacent to an activating group) is 1. The van der Waals surface area contributed by atoms with Crippen LogP contribution >= 0.6 is 11.3 Å². The zero-order valence-electron chi connectivity index (χ0n) is 7.94. The van der Waals surface area contributed by atoms with E-state index in [1.807, 2.05) is 11.3 Å². The molecule has 0 aromatic carbocycles. The van der Waals surface area contributed by atoms with Crippen molar-refractivity contribution >= 4 is 11.3 Å². The highest BCUT2D eigenvalue weighted by molar-refractivity contribution is 7.10. The van der Waals surface area contributed by atoms with Gasteiger partial charge in [-0.2, -0.15) is 0 Å². The highest BCUT2D eigenvalue weighted by Crippen LogP contribution is 2.33. The van der Waals surface area contributed by atoms with Gasteiger partial charge in [0.2, 0.25) is 0 Å². The third kappa shape index (κ3) is 1.77. The van der Waals surface area contributed by atoms with E-state index in [0.717, 1.165) is 13.1 Å². The molecule has 2 nitrogen and oxygen atoms in total. The van der Waals surface area contributed by atoms with Crippen molar-refractivity contribution in [1.29, 1.82) is 0 Å². The zero-order chi connectivity index (χ0) is 9.26. The number of thiophene rings is 1. The van der Waals surface area contributed by atoms with Gasteiger partial charge in [0.05, 0.1) is 0 Å². The molecule has 0 saturated carbocycles. The van der Waals surface area contributed by atoms with Gasteiger partial charge in [0.25, 0.3) is 0 Å². The van der Waals surface area contributed by atoms with Crippen LogP contribution in [0.3, 0.4) is 0 Å². The van der Waals surface area contributed by atoms with E-state index < -0.39 is 0 Å². The van der Waals surface area contributed by atoms with E-state index in [4.69, 9.17) is 5.73 Å². The molecule has 0 spiro atoms. The molecule has 1 aromatic rings. The van der Waals surface area contributed by atoms with Gasteiger partial charge < -0.3 is 10.6 Å². The molecule has 0 bridgehead atoms. The van der Waals surface area contributed by atoms with E-state index in [9.17, 15) is 0 Å². The monoisotopic (exact) mass is 196 g/mol. The maximum absolute atomic E-state index is 5.77. The number of nitrogens with zero attached hydrogens (tertiary/aromatic N) is 1. The van der Waals surface area contributed by atoms with E-state index in [0.29, 0.717) is 11.8 Å². The fraction of sp³-hybridized carbons (Fsp3) is 0.600. The highest BCUT2D eigenvalue weighted by atomic mass is 32.1. The lowest BCUT2D eigenvalue weighted by Crippen LogP contribution is -2.21. The molecule has 13 heavy (non-hydrogen) atoms. The molecule has 2 heterocycles. The molecule has 2 N–H and O–H groups in total. The van der Waals surface area contributed by atoms with Crippen molar-refractivity contribution in [2.24, 2.45) is 11.7 Å². The summed E-state index contributed by atoms with van der Waals surface area (Å²) in [6.07, 6.45) is 0. The maximum atomic E-state index is 5.77. The normalized spacial score (nSPS) is 29.7. The molecule has 1 saturated heterocycles. The summed E-state index contributed by atoms with van der Waals surface area (Å²) in [5.41, 5.74) is 5.77. The Labute approximate surface area is 83.4 Å². The summed E-state index contributed by atoms with van der Waals surface area (Å²) in [6.45, 7) is 3.13. The Bertz CT molecular complexity index is 258. The average Bonchev–Trinajstić information content (AvgIpc) is 2.71. The predicted octanol–water partition coefficient (Wildman–Crippen LogP) is 1.35. The van der Waals surface area contributed by atoms with Crippen LogP contribution in [-0.2, 0) is 0 Å².